The molecule has 0 radical (unpaired) electrons. The molecule has 0 aromatic heterocycles. The van der Waals surface area contributed by atoms with E-state index in [2.05, 4.69) is 12.2 Å². The Morgan fingerprint density at radius 2 is 1.96 bits per heavy atom. The molecule has 1 fully saturated rings. The van der Waals surface area contributed by atoms with Crippen LogP contribution in [0.3, 0.4) is 0 Å². The summed E-state index contributed by atoms with van der Waals surface area (Å²) in [6.07, 6.45) is 4.84. The Balaban J connectivity index is 2.82. The number of hydroxylamine groups is 1. The second-order valence-electron chi connectivity index (χ2n) is 7.37. The summed E-state index contributed by atoms with van der Waals surface area (Å²) in [5, 5.41) is 11.6. The summed E-state index contributed by atoms with van der Waals surface area (Å²) in [6.45, 7) is 6.40. The fourth-order valence-electron chi connectivity index (χ4n) is 3.28. The number of hydrogen-bond acceptors (Lipinski definition) is 5. The molecular formula is C18H33IN3O5-. The average Bonchev–Trinajstić information content (AvgIpc) is 3.13. The van der Waals surface area contributed by atoms with E-state index >= 15 is 0 Å². The third-order valence-corrected chi connectivity index (χ3v) is 6.83. The van der Waals surface area contributed by atoms with Crippen LogP contribution in [0.1, 0.15) is 65.7 Å². The van der Waals surface area contributed by atoms with Crippen LogP contribution in [0.5, 0.6) is 0 Å². The van der Waals surface area contributed by atoms with Gasteiger partial charge in [0.25, 0.3) is 0 Å². The van der Waals surface area contributed by atoms with Crippen LogP contribution in [-0.2, 0) is 14.4 Å². The maximum atomic E-state index is 13.0. The summed E-state index contributed by atoms with van der Waals surface area (Å²) in [5.41, 5.74) is 1.58. The molecule has 1 aliphatic heterocycles. The van der Waals surface area contributed by atoms with E-state index in [1.54, 1.807) is 10.4 Å². The van der Waals surface area contributed by atoms with E-state index in [-0.39, 0.29) is 28.2 Å². The number of alkyl halides is 1. The van der Waals surface area contributed by atoms with Crippen molar-refractivity contribution in [3.63, 3.8) is 0 Å². The van der Waals surface area contributed by atoms with Gasteiger partial charge in [-0.25, -0.2) is 0 Å². The van der Waals surface area contributed by atoms with Crippen LogP contribution in [0.25, 0.3) is 0 Å². The molecule has 0 aliphatic carbocycles. The minimum absolute atomic E-state index is 0.0880. The van der Waals surface area contributed by atoms with Crippen molar-refractivity contribution in [2.24, 2.45) is 11.8 Å². The number of rotatable bonds is 11. The van der Waals surface area contributed by atoms with E-state index in [4.69, 9.17) is 5.21 Å². The van der Waals surface area contributed by atoms with Crippen molar-refractivity contribution in [1.82, 2.24) is 15.7 Å². The van der Waals surface area contributed by atoms with Gasteiger partial charge in [0.15, 0.2) is 0 Å². The van der Waals surface area contributed by atoms with E-state index < -0.39 is 39.5 Å². The first kappa shape index (κ1) is 24.1. The standard InChI is InChI=1S/C18H33IN3O5/c1-4-5-6-8-13(11-15(23)21-27)17(24)20-16(12(2)3)18(25)22-10-7-9-14(22)19-26/h12-14,16,26-27H,4-11H2,1-3H3,(H,20,24)(H,21,23)/q-1/t13-,14+,16?/m1/s1. The predicted molar refractivity (Wildman–Crippen MR) is 95.9 cm³/mol. The normalized spacial score (nSPS) is 19.2. The number of hydrogen-bond donors (Lipinski definition) is 4. The van der Waals surface area contributed by atoms with Crippen LogP contribution in [-0.4, -0.2) is 47.9 Å². The van der Waals surface area contributed by atoms with Gasteiger partial charge in [0, 0.05) is 0 Å². The molecule has 0 aromatic carbocycles. The number of likely N-dealkylation sites (tertiary alicyclic amines) is 1. The van der Waals surface area contributed by atoms with Gasteiger partial charge in [0.1, 0.15) is 0 Å². The minimum atomic E-state index is -1.06. The molecule has 1 aliphatic rings. The topological polar surface area (TPSA) is 119 Å². The van der Waals surface area contributed by atoms with E-state index in [1.165, 1.54) is 0 Å². The summed E-state index contributed by atoms with van der Waals surface area (Å²) in [6, 6.07) is -0.681. The molecule has 1 unspecified atom stereocenters. The predicted octanol–water partition coefficient (Wildman–Crippen LogP) is -1.84. The third kappa shape index (κ3) is 7.53. The van der Waals surface area contributed by atoms with Gasteiger partial charge in [-0.1, -0.05) is 0 Å². The molecule has 0 saturated carbocycles. The van der Waals surface area contributed by atoms with Crippen molar-refractivity contribution >= 4 is 17.7 Å². The molecule has 158 valence electrons. The fraction of sp³-hybridized carbons (Fsp3) is 0.833. The van der Waals surface area contributed by atoms with Gasteiger partial charge in [-0.15, -0.1) is 0 Å². The van der Waals surface area contributed by atoms with Gasteiger partial charge in [-0.3, -0.25) is 0 Å². The molecule has 3 atom stereocenters. The van der Waals surface area contributed by atoms with Crippen LogP contribution in [0.2, 0.25) is 0 Å². The molecule has 1 heterocycles. The van der Waals surface area contributed by atoms with Gasteiger partial charge in [-0.05, 0) is 0 Å². The van der Waals surface area contributed by atoms with Crippen molar-refractivity contribution in [2.75, 3.05) is 6.54 Å². The van der Waals surface area contributed by atoms with Crippen molar-refractivity contribution in [3.05, 3.63) is 0 Å². The molecule has 9 heteroatoms. The van der Waals surface area contributed by atoms with Gasteiger partial charge in [0.05, 0.1) is 0 Å². The van der Waals surface area contributed by atoms with Crippen molar-refractivity contribution in [3.8, 4) is 0 Å². The zero-order chi connectivity index (χ0) is 20.4. The number of halogens is 1. The van der Waals surface area contributed by atoms with E-state index in [9.17, 15) is 17.8 Å². The van der Waals surface area contributed by atoms with Gasteiger partial charge in [-0.2, -0.15) is 0 Å². The Bertz CT molecular complexity index is 503. The first-order valence-electron chi connectivity index (χ1n) is 9.66. The first-order valence-corrected chi connectivity index (χ1v) is 11.9. The molecule has 3 amide bonds. The maximum absolute atomic E-state index is 13.0. The monoisotopic (exact) mass is 498 g/mol. The molecule has 1 saturated heterocycles. The van der Waals surface area contributed by atoms with Crippen LogP contribution in [0.15, 0.2) is 0 Å². The van der Waals surface area contributed by atoms with E-state index in [1.807, 2.05) is 13.8 Å². The quantitative estimate of drug-likeness (QED) is 0.0668. The second kappa shape index (κ2) is 12.5. The number of carbonyl (C=O) groups is 3. The summed E-state index contributed by atoms with van der Waals surface area (Å²) in [7, 11) is 0. The van der Waals surface area contributed by atoms with Crippen molar-refractivity contribution < 1.29 is 44.6 Å². The van der Waals surface area contributed by atoms with Crippen molar-refractivity contribution in [1.29, 1.82) is 0 Å². The Morgan fingerprint density at radius 3 is 2.52 bits per heavy atom. The summed E-state index contributed by atoms with van der Waals surface area (Å²) in [5.74, 6) is -1.80. The Labute approximate surface area is 172 Å². The fourth-order valence-corrected chi connectivity index (χ4v) is 4.85. The van der Waals surface area contributed by atoms with Crippen LogP contribution < -0.4 is 32.4 Å². The van der Waals surface area contributed by atoms with Crippen molar-refractivity contribution in [2.45, 2.75) is 75.8 Å². The molecule has 4 N–H and O–H groups in total. The number of nitrogens with zero attached hydrogens (tertiary/aromatic N) is 1. The van der Waals surface area contributed by atoms with Crippen LogP contribution >= 0.6 is 0 Å². The summed E-state index contributed by atoms with van der Waals surface area (Å²) < 4.78 is 9.50. The number of unbranched alkanes of at least 4 members (excludes halogenated alkanes) is 2. The van der Waals surface area contributed by atoms with Gasteiger partial charge < -0.3 is 0 Å². The summed E-state index contributed by atoms with van der Waals surface area (Å²) in [4.78, 5) is 39.0. The first-order chi connectivity index (χ1) is 12.8. The third-order valence-electron chi connectivity index (χ3n) is 4.89. The van der Waals surface area contributed by atoms with Gasteiger partial charge in [0.2, 0.25) is 0 Å². The van der Waals surface area contributed by atoms with E-state index in [0.29, 0.717) is 13.0 Å². The zero-order valence-electron chi connectivity index (χ0n) is 16.4. The zero-order valence-corrected chi connectivity index (χ0v) is 18.6. The Hall–Kier alpha value is -0.940. The second-order valence-corrected chi connectivity index (χ2v) is 9.36. The summed E-state index contributed by atoms with van der Waals surface area (Å²) >= 11 is -1.06. The molecule has 27 heavy (non-hydrogen) atoms. The molecule has 1 rings (SSSR count). The average molecular weight is 498 g/mol. The van der Waals surface area contributed by atoms with Crippen LogP contribution in [0, 0.1) is 11.8 Å². The number of nitrogens with one attached hydrogen (secondary N) is 2. The van der Waals surface area contributed by atoms with Crippen LogP contribution in [0.4, 0.5) is 0 Å². The Kier molecular flexibility index (Phi) is 11.2. The SMILES string of the molecule is CCCCC[C@H](CC(=O)NO)C(=O)NC(C(=O)N1CCC[C@H]1[I-]O)C(C)C. The molecule has 0 aromatic rings. The van der Waals surface area contributed by atoms with Gasteiger partial charge >= 0.3 is 172 Å². The molecule has 0 bridgehead atoms. The molecule has 8 nitrogen and oxygen atoms in total. The molecule has 0 spiro atoms. The molecular weight excluding hydrogens is 465 g/mol. The number of carbonyl (C=O) groups excluding carboxylic acids is 3. The van der Waals surface area contributed by atoms with E-state index in [0.717, 1.165) is 32.1 Å². The Morgan fingerprint density at radius 1 is 1.26 bits per heavy atom. The number of amides is 3.